The number of hydrogen-bond donors (Lipinski definition) is 2. The van der Waals surface area contributed by atoms with Crippen molar-refractivity contribution in [2.24, 2.45) is 0 Å². The molecule has 0 aromatic heterocycles. The Labute approximate surface area is 126 Å². The van der Waals surface area contributed by atoms with Crippen molar-refractivity contribution in [1.82, 2.24) is 0 Å². The molecule has 2 aromatic carbocycles. The Morgan fingerprint density at radius 2 is 1.71 bits per heavy atom. The number of nitrogens with two attached hydrogens (primary N) is 1. The zero-order valence-electron chi connectivity index (χ0n) is 13.0. The quantitative estimate of drug-likeness (QED) is 0.782. The summed E-state index contributed by atoms with van der Waals surface area (Å²) in [6, 6.07) is 14.2. The molecular formula is C19H23NO. The smallest absolute Gasteiger partial charge is 0.115 e. The van der Waals surface area contributed by atoms with Gasteiger partial charge in [-0.2, -0.15) is 0 Å². The fourth-order valence-corrected chi connectivity index (χ4v) is 3.22. The van der Waals surface area contributed by atoms with Crippen LogP contribution in [0.2, 0.25) is 0 Å². The molecule has 0 heterocycles. The number of aryl methyl sites for hydroxylation is 1. The fraction of sp³-hybridized carbons (Fsp3) is 0.368. The lowest BCUT2D eigenvalue weighted by molar-refractivity contribution is 0.0829. The van der Waals surface area contributed by atoms with Crippen molar-refractivity contribution in [3.8, 4) is 0 Å². The molecule has 0 fully saturated rings. The molecule has 2 aromatic rings. The highest BCUT2D eigenvalue weighted by Gasteiger charge is 2.38. The van der Waals surface area contributed by atoms with Crippen LogP contribution >= 0.6 is 0 Å². The monoisotopic (exact) mass is 281 g/mol. The minimum Gasteiger partial charge on any atom is -0.399 e. The average molecular weight is 281 g/mol. The van der Waals surface area contributed by atoms with Gasteiger partial charge in [-0.3, -0.25) is 0 Å². The van der Waals surface area contributed by atoms with Gasteiger partial charge in [-0.1, -0.05) is 51.1 Å². The van der Waals surface area contributed by atoms with Crippen molar-refractivity contribution in [3.05, 3.63) is 64.7 Å². The van der Waals surface area contributed by atoms with E-state index < -0.39 is 5.60 Å². The molecule has 2 heteroatoms. The van der Waals surface area contributed by atoms with Crippen molar-refractivity contribution in [3.63, 3.8) is 0 Å². The van der Waals surface area contributed by atoms with Crippen LogP contribution in [0.3, 0.4) is 0 Å². The van der Waals surface area contributed by atoms with E-state index in [4.69, 9.17) is 5.73 Å². The molecule has 0 radical (unpaired) electrons. The maximum absolute atomic E-state index is 11.2. The fourth-order valence-electron chi connectivity index (χ4n) is 3.22. The topological polar surface area (TPSA) is 46.2 Å². The van der Waals surface area contributed by atoms with Gasteiger partial charge in [0.1, 0.15) is 5.60 Å². The van der Waals surface area contributed by atoms with Crippen molar-refractivity contribution in [1.29, 1.82) is 0 Å². The van der Waals surface area contributed by atoms with Crippen LogP contribution in [0.25, 0.3) is 0 Å². The van der Waals surface area contributed by atoms with Gasteiger partial charge >= 0.3 is 0 Å². The standard InChI is InChI=1S/C19H23NO/c1-18(2,3)14-4-6-15(7-5-14)19(21)11-10-13-12-16(20)8-9-17(13)19/h4-9,12,21H,10-11,20H2,1-3H3. The largest absolute Gasteiger partial charge is 0.399 e. The summed E-state index contributed by atoms with van der Waals surface area (Å²) < 4.78 is 0. The van der Waals surface area contributed by atoms with Gasteiger partial charge in [0, 0.05) is 5.69 Å². The minimum absolute atomic E-state index is 0.128. The molecule has 0 saturated heterocycles. The first kappa shape index (κ1) is 14.2. The van der Waals surface area contributed by atoms with Crippen molar-refractivity contribution in [2.75, 3.05) is 5.73 Å². The number of hydrogen-bond acceptors (Lipinski definition) is 2. The van der Waals surface area contributed by atoms with E-state index in [2.05, 4.69) is 45.0 Å². The summed E-state index contributed by atoms with van der Waals surface area (Å²) in [5, 5.41) is 11.2. The highest BCUT2D eigenvalue weighted by molar-refractivity contribution is 5.52. The van der Waals surface area contributed by atoms with Crippen LogP contribution in [0, 0.1) is 0 Å². The maximum Gasteiger partial charge on any atom is 0.115 e. The van der Waals surface area contributed by atoms with Gasteiger partial charge in [0.05, 0.1) is 0 Å². The molecule has 0 aliphatic heterocycles. The summed E-state index contributed by atoms with van der Waals surface area (Å²) in [4.78, 5) is 0. The molecule has 0 amide bonds. The predicted octanol–water partition coefficient (Wildman–Crippen LogP) is 3.75. The van der Waals surface area contributed by atoms with Gasteiger partial charge in [-0.05, 0) is 52.6 Å². The van der Waals surface area contributed by atoms with Gasteiger partial charge in [-0.15, -0.1) is 0 Å². The lowest BCUT2D eigenvalue weighted by Gasteiger charge is -2.26. The number of anilines is 1. The van der Waals surface area contributed by atoms with Crippen LogP contribution in [0.1, 0.15) is 49.4 Å². The van der Waals surface area contributed by atoms with Crippen LogP contribution in [0.15, 0.2) is 42.5 Å². The zero-order valence-corrected chi connectivity index (χ0v) is 13.0. The van der Waals surface area contributed by atoms with E-state index in [1.165, 1.54) is 5.56 Å². The molecule has 110 valence electrons. The Bertz CT molecular complexity index is 667. The zero-order chi connectivity index (χ0) is 15.3. The van der Waals surface area contributed by atoms with E-state index in [1.807, 2.05) is 18.2 Å². The highest BCUT2D eigenvalue weighted by atomic mass is 16.3. The van der Waals surface area contributed by atoms with Gasteiger partial charge in [0.2, 0.25) is 0 Å². The lowest BCUT2D eigenvalue weighted by Crippen LogP contribution is -2.24. The third-order valence-corrected chi connectivity index (χ3v) is 4.56. The second-order valence-corrected chi connectivity index (χ2v) is 7.10. The minimum atomic E-state index is -0.876. The Hall–Kier alpha value is -1.80. The molecule has 3 rings (SSSR count). The van der Waals surface area contributed by atoms with E-state index in [0.717, 1.165) is 35.2 Å². The average Bonchev–Trinajstić information content (AvgIpc) is 2.76. The predicted molar refractivity (Wildman–Crippen MR) is 87.3 cm³/mol. The number of nitrogen functional groups attached to an aromatic ring is 1. The Morgan fingerprint density at radius 3 is 2.33 bits per heavy atom. The Morgan fingerprint density at radius 1 is 1.05 bits per heavy atom. The SMILES string of the molecule is CC(C)(C)c1ccc(C2(O)CCc3cc(N)ccc32)cc1. The van der Waals surface area contributed by atoms with Gasteiger partial charge in [0.25, 0.3) is 0 Å². The number of aliphatic hydroxyl groups is 1. The van der Waals surface area contributed by atoms with Crippen LogP contribution in [0.4, 0.5) is 5.69 Å². The third kappa shape index (κ3) is 2.34. The Kier molecular flexibility index (Phi) is 3.10. The van der Waals surface area contributed by atoms with E-state index >= 15 is 0 Å². The van der Waals surface area contributed by atoms with E-state index in [0.29, 0.717) is 0 Å². The third-order valence-electron chi connectivity index (χ3n) is 4.56. The van der Waals surface area contributed by atoms with Crippen molar-refractivity contribution < 1.29 is 5.11 Å². The summed E-state index contributed by atoms with van der Waals surface area (Å²) in [6.45, 7) is 6.60. The van der Waals surface area contributed by atoms with Gasteiger partial charge in [-0.25, -0.2) is 0 Å². The maximum atomic E-state index is 11.2. The van der Waals surface area contributed by atoms with E-state index in [-0.39, 0.29) is 5.41 Å². The van der Waals surface area contributed by atoms with Crippen LogP contribution in [-0.2, 0) is 17.4 Å². The van der Waals surface area contributed by atoms with E-state index in [1.54, 1.807) is 0 Å². The molecule has 1 atom stereocenters. The molecule has 1 unspecified atom stereocenters. The molecule has 3 N–H and O–H groups in total. The molecule has 2 nitrogen and oxygen atoms in total. The summed E-state index contributed by atoms with van der Waals surface area (Å²) >= 11 is 0. The molecule has 1 aliphatic rings. The molecule has 0 spiro atoms. The number of rotatable bonds is 1. The summed E-state index contributed by atoms with van der Waals surface area (Å²) in [7, 11) is 0. The highest BCUT2D eigenvalue weighted by Crippen LogP contribution is 2.42. The molecule has 0 saturated carbocycles. The Balaban J connectivity index is 2.02. The normalized spacial score (nSPS) is 21.3. The molecular weight excluding hydrogens is 258 g/mol. The second kappa shape index (κ2) is 4.60. The van der Waals surface area contributed by atoms with Gasteiger partial charge in [0.15, 0.2) is 0 Å². The number of fused-ring (bicyclic) bond motifs is 1. The molecule has 21 heavy (non-hydrogen) atoms. The van der Waals surface area contributed by atoms with Crippen LogP contribution < -0.4 is 5.73 Å². The first-order valence-electron chi connectivity index (χ1n) is 7.53. The van der Waals surface area contributed by atoms with E-state index in [9.17, 15) is 5.11 Å². The van der Waals surface area contributed by atoms with Crippen molar-refractivity contribution >= 4 is 5.69 Å². The number of benzene rings is 2. The first-order chi connectivity index (χ1) is 9.80. The summed E-state index contributed by atoms with van der Waals surface area (Å²) in [5.41, 5.74) is 10.3. The van der Waals surface area contributed by atoms with Gasteiger partial charge < -0.3 is 10.8 Å². The second-order valence-electron chi connectivity index (χ2n) is 7.10. The van der Waals surface area contributed by atoms with Crippen LogP contribution in [0.5, 0.6) is 0 Å². The van der Waals surface area contributed by atoms with Crippen molar-refractivity contribution in [2.45, 2.75) is 44.6 Å². The first-order valence-corrected chi connectivity index (χ1v) is 7.53. The summed E-state index contributed by atoms with van der Waals surface area (Å²) in [6.07, 6.45) is 1.60. The van der Waals surface area contributed by atoms with Crippen LogP contribution in [-0.4, -0.2) is 5.11 Å². The molecule has 0 bridgehead atoms. The molecule has 1 aliphatic carbocycles. The lowest BCUT2D eigenvalue weighted by atomic mass is 9.83. The summed E-state index contributed by atoms with van der Waals surface area (Å²) in [5.74, 6) is 0.